The first kappa shape index (κ1) is 16.5. The molecule has 0 aliphatic heterocycles. The third kappa shape index (κ3) is 3.10. The fraction of sp³-hybridized carbons (Fsp3) is 0.462. The van der Waals surface area contributed by atoms with Crippen LogP contribution < -0.4 is 0 Å². The highest BCUT2D eigenvalue weighted by atomic mass is 32.2. The molecule has 0 aliphatic carbocycles. The van der Waals surface area contributed by atoms with Crippen LogP contribution in [0.15, 0.2) is 17.6 Å². The van der Waals surface area contributed by atoms with Crippen molar-refractivity contribution in [1.82, 2.24) is 9.29 Å². The summed E-state index contributed by atoms with van der Waals surface area (Å²) in [6.45, 7) is 7.01. The van der Waals surface area contributed by atoms with Crippen molar-refractivity contribution in [2.75, 3.05) is 13.6 Å². The summed E-state index contributed by atoms with van der Waals surface area (Å²) < 4.78 is 26.2. The smallest absolute Gasteiger partial charge is 0.352 e. The monoisotopic (exact) mass is 300 g/mol. The van der Waals surface area contributed by atoms with E-state index in [4.69, 9.17) is 5.11 Å². The van der Waals surface area contributed by atoms with E-state index in [9.17, 15) is 13.2 Å². The van der Waals surface area contributed by atoms with E-state index in [-0.39, 0.29) is 16.2 Å². The molecule has 0 amide bonds. The fourth-order valence-electron chi connectivity index (χ4n) is 2.07. The summed E-state index contributed by atoms with van der Waals surface area (Å²) in [5, 5.41) is 9.03. The third-order valence-electron chi connectivity index (χ3n) is 3.13. The van der Waals surface area contributed by atoms with Crippen molar-refractivity contribution in [1.29, 1.82) is 0 Å². The highest BCUT2D eigenvalue weighted by molar-refractivity contribution is 7.89. The summed E-state index contributed by atoms with van der Waals surface area (Å²) in [6.07, 6.45) is 3.13. The third-order valence-corrected chi connectivity index (χ3v) is 5.26. The van der Waals surface area contributed by atoms with Gasteiger partial charge in [-0.05, 0) is 26.7 Å². The number of sulfonamides is 1. The number of nitrogens with one attached hydrogen (secondary N) is 1. The zero-order valence-corrected chi connectivity index (χ0v) is 12.7. The van der Waals surface area contributed by atoms with Gasteiger partial charge in [-0.3, -0.25) is 0 Å². The maximum Gasteiger partial charge on any atom is 0.352 e. The molecule has 0 aromatic carbocycles. The molecule has 2 N–H and O–H groups in total. The van der Waals surface area contributed by atoms with E-state index in [1.165, 1.54) is 18.3 Å². The van der Waals surface area contributed by atoms with E-state index in [0.717, 1.165) is 6.42 Å². The number of allylic oxidation sites excluding steroid dienone is 1. The highest BCUT2D eigenvalue weighted by Crippen LogP contribution is 2.26. The van der Waals surface area contributed by atoms with Crippen LogP contribution in [0.3, 0.4) is 0 Å². The number of carboxylic acids is 1. The summed E-state index contributed by atoms with van der Waals surface area (Å²) in [4.78, 5) is 13.7. The fourth-order valence-corrected chi connectivity index (χ4v) is 3.68. The SMILES string of the molecule is C=CCCCN(C)S(=O)(=O)c1c(C)[nH]c(C(=O)O)c1C. The lowest BCUT2D eigenvalue weighted by Gasteiger charge is -2.17. The van der Waals surface area contributed by atoms with E-state index < -0.39 is 16.0 Å². The van der Waals surface area contributed by atoms with Gasteiger partial charge in [-0.1, -0.05) is 6.08 Å². The second kappa shape index (κ2) is 6.23. The number of nitrogens with zero attached hydrogens (tertiary/aromatic N) is 1. The average molecular weight is 300 g/mol. The van der Waals surface area contributed by atoms with Crippen LogP contribution in [-0.2, 0) is 10.0 Å². The minimum Gasteiger partial charge on any atom is -0.477 e. The predicted molar refractivity (Wildman–Crippen MR) is 76.5 cm³/mol. The van der Waals surface area contributed by atoms with Crippen molar-refractivity contribution in [3.05, 3.63) is 29.6 Å². The maximum atomic E-state index is 12.5. The second-order valence-electron chi connectivity index (χ2n) is 4.64. The molecule has 1 aromatic heterocycles. The van der Waals surface area contributed by atoms with E-state index in [2.05, 4.69) is 11.6 Å². The molecule has 0 unspecified atom stereocenters. The first-order valence-corrected chi connectivity index (χ1v) is 7.67. The van der Waals surface area contributed by atoms with Crippen LogP contribution in [0, 0.1) is 13.8 Å². The van der Waals surface area contributed by atoms with Crippen molar-refractivity contribution in [2.24, 2.45) is 0 Å². The van der Waals surface area contributed by atoms with Gasteiger partial charge in [0.05, 0.1) is 0 Å². The number of unbranched alkanes of at least 4 members (excludes halogenated alkanes) is 1. The highest BCUT2D eigenvalue weighted by Gasteiger charge is 2.29. The van der Waals surface area contributed by atoms with Crippen molar-refractivity contribution < 1.29 is 18.3 Å². The van der Waals surface area contributed by atoms with E-state index >= 15 is 0 Å². The lowest BCUT2D eigenvalue weighted by molar-refractivity contribution is 0.0690. The summed E-state index contributed by atoms with van der Waals surface area (Å²) in [5.74, 6) is -1.17. The molecule has 0 atom stereocenters. The van der Waals surface area contributed by atoms with Gasteiger partial charge in [0.2, 0.25) is 10.0 Å². The van der Waals surface area contributed by atoms with E-state index in [1.807, 2.05) is 0 Å². The van der Waals surface area contributed by atoms with Crippen molar-refractivity contribution in [3.8, 4) is 0 Å². The summed E-state index contributed by atoms with van der Waals surface area (Å²) >= 11 is 0. The van der Waals surface area contributed by atoms with E-state index in [0.29, 0.717) is 18.7 Å². The van der Waals surface area contributed by atoms with Crippen LogP contribution in [0.25, 0.3) is 0 Å². The molecule has 20 heavy (non-hydrogen) atoms. The Labute approximate surface area is 119 Å². The van der Waals surface area contributed by atoms with Crippen LogP contribution in [0.5, 0.6) is 0 Å². The van der Waals surface area contributed by atoms with Gasteiger partial charge in [0.1, 0.15) is 10.6 Å². The van der Waals surface area contributed by atoms with Crippen molar-refractivity contribution >= 4 is 16.0 Å². The molecule has 0 radical (unpaired) electrons. The normalized spacial score (nSPS) is 11.8. The zero-order chi connectivity index (χ0) is 15.5. The molecule has 0 bridgehead atoms. The molecule has 112 valence electrons. The van der Waals surface area contributed by atoms with Gasteiger partial charge < -0.3 is 10.1 Å². The van der Waals surface area contributed by atoms with Crippen LogP contribution in [-0.4, -0.2) is 42.4 Å². The van der Waals surface area contributed by atoms with Crippen molar-refractivity contribution in [2.45, 2.75) is 31.6 Å². The number of rotatable bonds is 7. The largest absolute Gasteiger partial charge is 0.477 e. The molecule has 0 fully saturated rings. The molecule has 0 saturated heterocycles. The number of H-pyrrole nitrogens is 1. The Morgan fingerprint density at radius 2 is 2.05 bits per heavy atom. The number of hydrogen-bond acceptors (Lipinski definition) is 3. The first-order chi connectivity index (χ1) is 9.23. The Morgan fingerprint density at radius 1 is 1.45 bits per heavy atom. The Kier molecular flexibility index (Phi) is 5.13. The van der Waals surface area contributed by atoms with Gasteiger partial charge in [0.15, 0.2) is 0 Å². The lowest BCUT2D eigenvalue weighted by atomic mass is 10.2. The van der Waals surface area contributed by atoms with Crippen LogP contribution >= 0.6 is 0 Å². The summed E-state index contributed by atoms with van der Waals surface area (Å²) in [7, 11) is -2.20. The van der Waals surface area contributed by atoms with Gasteiger partial charge in [-0.25, -0.2) is 17.5 Å². The first-order valence-electron chi connectivity index (χ1n) is 6.23. The number of aryl methyl sites for hydroxylation is 1. The predicted octanol–water partition coefficient (Wildman–Crippen LogP) is 1.92. The minimum absolute atomic E-state index is 0.0519. The number of aromatic nitrogens is 1. The number of aromatic carboxylic acids is 1. The molecule has 6 nitrogen and oxygen atoms in total. The number of aromatic amines is 1. The minimum atomic E-state index is -3.69. The quantitative estimate of drug-likeness (QED) is 0.594. The average Bonchev–Trinajstić information content (AvgIpc) is 2.65. The summed E-state index contributed by atoms with van der Waals surface area (Å²) in [5.41, 5.74) is 0.501. The Morgan fingerprint density at radius 3 is 2.50 bits per heavy atom. The molecule has 1 aromatic rings. The molecular formula is C13H20N2O4S. The summed E-state index contributed by atoms with van der Waals surface area (Å²) in [6, 6.07) is 0. The molecule has 0 aliphatic rings. The number of hydrogen-bond donors (Lipinski definition) is 2. The number of carboxylic acid groups (broad SMARTS) is 1. The topological polar surface area (TPSA) is 90.5 Å². The van der Waals surface area contributed by atoms with Gasteiger partial charge in [0.25, 0.3) is 0 Å². The molecule has 1 heterocycles. The van der Waals surface area contributed by atoms with Gasteiger partial charge in [-0.2, -0.15) is 0 Å². The molecule has 0 saturated carbocycles. The standard InChI is InChI=1S/C13H20N2O4S/c1-5-6-7-8-15(4)20(18,19)12-9(2)11(13(16)17)14-10(12)3/h5,14H,1,6-8H2,2-4H3,(H,16,17). The maximum absolute atomic E-state index is 12.5. The Bertz CT molecular complexity index is 617. The van der Waals surface area contributed by atoms with Crippen LogP contribution in [0.2, 0.25) is 0 Å². The number of carbonyl (C=O) groups is 1. The molecule has 0 spiro atoms. The Hall–Kier alpha value is -1.60. The van der Waals surface area contributed by atoms with Crippen LogP contribution in [0.4, 0.5) is 0 Å². The molecule has 7 heteroatoms. The van der Waals surface area contributed by atoms with E-state index in [1.54, 1.807) is 13.0 Å². The lowest BCUT2D eigenvalue weighted by Crippen LogP contribution is -2.28. The van der Waals surface area contributed by atoms with Crippen molar-refractivity contribution in [3.63, 3.8) is 0 Å². The second-order valence-corrected chi connectivity index (χ2v) is 6.62. The Balaban J connectivity index is 3.16. The van der Waals surface area contributed by atoms with Gasteiger partial charge >= 0.3 is 5.97 Å². The van der Waals surface area contributed by atoms with Gasteiger partial charge in [-0.15, -0.1) is 6.58 Å². The van der Waals surface area contributed by atoms with Crippen LogP contribution in [0.1, 0.15) is 34.6 Å². The molecular weight excluding hydrogens is 280 g/mol. The van der Waals surface area contributed by atoms with Gasteiger partial charge in [0, 0.05) is 24.8 Å². The zero-order valence-electron chi connectivity index (χ0n) is 11.9. The molecule has 1 rings (SSSR count).